The molecule has 0 aliphatic carbocycles. The van der Waals surface area contributed by atoms with Crippen LogP contribution in [0.5, 0.6) is 0 Å². The van der Waals surface area contributed by atoms with Gasteiger partial charge in [0.2, 0.25) is 0 Å². The van der Waals surface area contributed by atoms with Crippen molar-refractivity contribution in [2.45, 2.75) is 32.4 Å². The van der Waals surface area contributed by atoms with E-state index in [4.69, 9.17) is 5.11 Å². The molecule has 6 heteroatoms. The summed E-state index contributed by atoms with van der Waals surface area (Å²) in [6.45, 7) is 3.47. The van der Waals surface area contributed by atoms with Gasteiger partial charge in [0.05, 0.1) is 12.2 Å². The van der Waals surface area contributed by atoms with Gasteiger partial charge < -0.3 is 10.4 Å². The topological polar surface area (TPSA) is 80.0 Å². The maximum Gasteiger partial charge on any atom is 0.358 e. The van der Waals surface area contributed by atoms with Crippen LogP contribution in [0.25, 0.3) is 0 Å². The summed E-state index contributed by atoms with van der Waals surface area (Å²) in [7, 11) is 0. The van der Waals surface area contributed by atoms with Gasteiger partial charge >= 0.3 is 5.97 Å². The first-order valence-corrected chi connectivity index (χ1v) is 5.05. The molecule has 1 aromatic heterocycles. The molecule has 2 heterocycles. The third-order valence-electron chi connectivity index (χ3n) is 2.74. The van der Waals surface area contributed by atoms with Crippen molar-refractivity contribution in [2.75, 3.05) is 6.54 Å². The molecule has 82 valence electrons. The second kappa shape index (κ2) is 3.98. The van der Waals surface area contributed by atoms with E-state index < -0.39 is 5.97 Å². The van der Waals surface area contributed by atoms with Gasteiger partial charge in [-0.1, -0.05) is 5.21 Å². The zero-order valence-electron chi connectivity index (χ0n) is 8.60. The van der Waals surface area contributed by atoms with E-state index in [0.29, 0.717) is 18.3 Å². The molecule has 2 N–H and O–H groups in total. The van der Waals surface area contributed by atoms with E-state index in [2.05, 4.69) is 15.6 Å². The minimum absolute atomic E-state index is 0.0491. The number of aromatic carboxylic acids is 1. The maximum atomic E-state index is 10.7. The molecule has 0 aromatic carbocycles. The number of nitrogens with zero attached hydrogens (tertiary/aromatic N) is 3. The third-order valence-corrected chi connectivity index (χ3v) is 2.74. The van der Waals surface area contributed by atoms with Gasteiger partial charge in [-0.3, -0.25) is 0 Å². The highest BCUT2D eigenvalue weighted by molar-refractivity contribution is 5.86. The molecule has 0 amide bonds. The van der Waals surface area contributed by atoms with Gasteiger partial charge in [-0.2, -0.15) is 0 Å². The molecule has 6 nitrogen and oxygen atoms in total. The van der Waals surface area contributed by atoms with Crippen LogP contribution in [0.3, 0.4) is 0 Å². The normalized spacial score (nSPS) is 20.7. The third kappa shape index (κ3) is 1.99. The monoisotopic (exact) mass is 210 g/mol. The van der Waals surface area contributed by atoms with E-state index in [1.54, 1.807) is 11.6 Å². The van der Waals surface area contributed by atoms with Crippen molar-refractivity contribution < 1.29 is 9.90 Å². The molecule has 1 atom stereocenters. The Labute approximate surface area is 87.3 Å². The Morgan fingerprint density at radius 1 is 1.73 bits per heavy atom. The highest BCUT2D eigenvalue weighted by atomic mass is 16.4. The fraction of sp³-hybridized carbons (Fsp3) is 0.667. The molecular weight excluding hydrogens is 196 g/mol. The molecular formula is C9H14N4O2. The lowest BCUT2D eigenvalue weighted by Gasteiger charge is -2.10. The largest absolute Gasteiger partial charge is 0.476 e. The van der Waals surface area contributed by atoms with E-state index in [1.807, 2.05) is 0 Å². The Balaban J connectivity index is 2.11. The van der Waals surface area contributed by atoms with Crippen molar-refractivity contribution in [3.05, 3.63) is 11.4 Å². The molecule has 0 spiro atoms. The molecule has 0 saturated carbocycles. The highest BCUT2D eigenvalue weighted by Gasteiger charge is 2.19. The molecule has 1 unspecified atom stereocenters. The first-order valence-electron chi connectivity index (χ1n) is 5.05. The fourth-order valence-corrected chi connectivity index (χ4v) is 1.85. The predicted molar refractivity (Wildman–Crippen MR) is 52.7 cm³/mol. The summed E-state index contributed by atoms with van der Waals surface area (Å²) in [6, 6.07) is 0.395. The van der Waals surface area contributed by atoms with Crippen LogP contribution in [0, 0.1) is 6.92 Å². The van der Waals surface area contributed by atoms with E-state index in [-0.39, 0.29) is 5.69 Å². The van der Waals surface area contributed by atoms with Crippen molar-refractivity contribution in [2.24, 2.45) is 0 Å². The predicted octanol–water partition coefficient (Wildman–Crippen LogP) is 0.0367. The van der Waals surface area contributed by atoms with Crippen molar-refractivity contribution in [1.82, 2.24) is 20.3 Å². The van der Waals surface area contributed by atoms with Gasteiger partial charge in [-0.25, -0.2) is 9.48 Å². The summed E-state index contributed by atoms with van der Waals surface area (Å²) in [5.41, 5.74) is 0.671. The Morgan fingerprint density at radius 2 is 2.53 bits per heavy atom. The number of carboxylic acid groups (broad SMARTS) is 1. The Bertz CT molecular complexity index is 368. The first kappa shape index (κ1) is 10.1. The maximum absolute atomic E-state index is 10.7. The number of hydrogen-bond acceptors (Lipinski definition) is 4. The van der Waals surface area contributed by atoms with Crippen LogP contribution in [0.2, 0.25) is 0 Å². The van der Waals surface area contributed by atoms with Crippen LogP contribution < -0.4 is 5.32 Å². The summed E-state index contributed by atoms with van der Waals surface area (Å²) >= 11 is 0. The van der Waals surface area contributed by atoms with Crippen molar-refractivity contribution >= 4 is 5.97 Å². The van der Waals surface area contributed by atoms with Crippen LogP contribution >= 0.6 is 0 Å². The molecule has 1 aromatic rings. The van der Waals surface area contributed by atoms with Gasteiger partial charge in [0.1, 0.15) is 0 Å². The molecule has 1 aliphatic rings. The van der Waals surface area contributed by atoms with Gasteiger partial charge in [0.15, 0.2) is 5.69 Å². The SMILES string of the molecule is Cc1c(C(=O)O)nnn1CC1CCCN1. The standard InChI is InChI=1S/C9H14N4O2/c1-6-8(9(14)15)11-12-13(6)5-7-3-2-4-10-7/h7,10H,2-5H2,1H3,(H,14,15). The average Bonchev–Trinajstić information content (AvgIpc) is 2.78. The molecule has 15 heavy (non-hydrogen) atoms. The van der Waals surface area contributed by atoms with E-state index in [9.17, 15) is 4.79 Å². The number of nitrogens with one attached hydrogen (secondary N) is 1. The second-order valence-electron chi connectivity index (χ2n) is 3.80. The quantitative estimate of drug-likeness (QED) is 0.736. The molecule has 1 saturated heterocycles. The number of rotatable bonds is 3. The lowest BCUT2D eigenvalue weighted by molar-refractivity contribution is 0.0689. The van der Waals surface area contributed by atoms with Crippen LogP contribution in [0.15, 0.2) is 0 Å². The fourth-order valence-electron chi connectivity index (χ4n) is 1.85. The Kier molecular flexibility index (Phi) is 2.68. The number of carboxylic acids is 1. The number of carbonyl (C=O) groups is 1. The van der Waals surface area contributed by atoms with E-state index in [0.717, 1.165) is 13.0 Å². The van der Waals surface area contributed by atoms with Gasteiger partial charge in [0, 0.05) is 6.04 Å². The minimum atomic E-state index is -1.02. The van der Waals surface area contributed by atoms with Gasteiger partial charge in [-0.15, -0.1) is 5.10 Å². The Morgan fingerprint density at radius 3 is 3.07 bits per heavy atom. The summed E-state index contributed by atoms with van der Waals surface area (Å²) in [4.78, 5) is 10.7. The number of aromatic nitrogens is 3. The van der Waals surface area contributed by atoms with Crippen LogP contribution in [0.1, 0.15) is 29.0 Å². The molecule has 0 bridgehead atoms. The molecule has 2 rings (SSSR count). The Hall–Kier alpha value is -1.43. The summed E-state index contributed by atoms with van der Waals surface area (Å²) in [5.74, 6) is -1.02. The lowest BCUT2D eigenvalue weighted by atomic mass is 10.2. The van der Waals surface area contributed by atoms with E-state index >= 15 is 0 Å². The second-order valence-corrected chi connectivity index (χ2v) is 3.80. The zero-order chi connectivity index (χ0) is 10.8. The van der Waals surface area contributed by atoms with Crippen molar-refractivity contribution in [3.8, 4) is 0 Å². The van der Waals surface area contributed by atoms with Crippen molar-refractivity contribution in [1.29, 1.82) is 0 Å². The summed E-state index contributed by atoms with van der Waals surface area (Å²) < 4.78 is 1.66. The van der Waals surface area contributed by atoms with Crippen LogP contribution in [-0.4, -0.2) is 38.7 Å². The summed E-state index contributed by atoms with van der Waals surface area (Å²) in [6.07, 6.45) is 2.28. The highest BCUT2D eigenvalue weighted by Crippen LogP contribution is 2.10. The summed E-state index contributed by atoms with van der Waals surface area (Å²) in [5, 5.41) is 19.6. The molecule has 0 radical (unpaired) electrons. The molecule has 1 fully saturated rings. The van der Waals surface area contributed by atoms with Crippen molar-refractivity contribution in [3.63, 3.8) is 0 Å². The van der Waals surface area contributed by atoms with Crippen LogP contribution in [-0.2, 0) is 6.54 Å². The first-order chi connectivity index (χ1) is 7.18. The minimum Gasteiger partial charge on any atom is -0.476 e. The zero-order valence-corrected chi connectivity index (χ0v) is 8.60. The van der Waals surface area contributed by atoms with E-state index in [1.165, 1.54) is 6.42 Å². The number of hydrogen-bond donors (Lipinski definition) is 2. The van der Waals surface area contributed by atoms with Crippen LogP contribution in [0.4, 0.5) is 0 Å². The van der Waals surface area contributed by atoms with Gasteiger partial charge in [-0.05, 0) is 26.3 Å². The van der Waals surface area contributed by atoms with Gasteiger partial charge in [0.25, 0.3) is 0 Å². The molecule has 1 aliphatic heterocycles. The average molecular weight is 210 g/mol. The smallest absolute Gasteiger partial charge is 0.358 e. The lowest BCUT2D eigenvalue weighted by Crippen LogP contribution is -2.27.